The minimum Gasteiger partial charge on any atom is -0.482 e. The summed E-state index contributed by atoms with van der Waals surface area (Å²) < 4.78 is 11.1. The van der Waals surface area contributed by atoms with Gasteiger partial charge in [-0.05, 0) is 31.4 Å². The predicted octanol–water partition coefficient (Wildman–Crippen LogP) is 1.15. The summed E-state index contributed by atoms with van der Waals surface area (Å²) in [5.74, 6) is 1.54. The van der Waals surface area contributed by atoms with Gasteiger partial charge in [-0.2, -0.15) is 0 Å². The predicted molar refractivity (Wildman–Crippen MR) is 97.2 cm³/mol. The number of amides is 1. The number of benzene rings is 1. The second kappa shape index (κ2) is 8.71. The third-order valence-corrected chi connectivity index (χ3v) is 4.40. The molecule has 1 saturated heterocycles. The summed E-state index contributed by atoms with van der Waals surface area (Å²) in [6, 6.07) is 7.65. The minimum absolute atomic E-state index is 0.000380. The molecular weight excluding hydrogens is 320 g/mol. The Hall–Kier alpha value is -2.28. The summed E-state index contributed by atoms with van der Waals surface area (Å²) in [5.41, 5.74) is 0.847. The first-order valence-corrected chi connectivity index (χ1v) is 8.86. The lowest BCUT2D eigenvalue weighted by Crippen LogP contribution is -2.43. The van der Waals surface area contributed by atoms with E-state index in [9.17, 15) is 4.79 Å². The Bertz CT molecular complexity index is 614. The zero-order valence-electron chi connectivity index (χ0n) is 14.7. The molecule has 25 heavy (non-hydrogen) atoms. The van der Waals surface area contributed by atoms with Gasteiger partial charge in [0.05, 0.1) is 11.8 Å². The summed E-state index contributed by atoms with van der Waals surface area (Å²) in [7, 11) is 1.76. The van der Waals surface area contributed by atoms with Crippen molar-refractivity contribution in [3.63, 3.8) is 0 Å². The van der Waals surface area contributed by atoms with E-state index in [1.807, 2.05) is 24.3 Å². The lowest BCUT2D eigenvalue weighted by atomic mass is 10.2. The van der Waals surface area contributed by atoms with Crippen LogP contribution in [0, 0.1) is 0 Å². The largest absolute Gasteiger partial charge is 0.482 e. The Labute approximate surface area is 148 Å². The van der Waals surface area contributed by atoms with Crippen LogP contribution in [0.4, 0.5) is 5.69 Å². The summed E-state index contributed by atoms with van der Waals surface area (Å²) in [6.07, 6.45) is 3.33. The Morgan fingerprint density at radius 1 is 1.36 bits per heavy atom. The van der Waals surface area contributed by atoms with Crippen LogP contribution in [0.25, 0.3) is 0 Å². The van der Waals surface area contributed by atoms with E-state index in [1.54, 1.807) is 11.9 Å². The van der Waals surface area contributed by atoms with E-state index < -0.39 is 0 Å². The third-order valence-electron chi connectivity index (χ3n) is 4.40. The number of hydrogen-bond acceptors (Lipinski definition) is 4. The van der Waals surface area contributed by atoms with Crippen molar-refractivity contribution in [1.82, 2.24) is 10.6 Å². The quantitative estimate of drug-likeness (QED) is 0.459. The average molecular weight is 346 g/mol. The first kappa shape index (κ1) is 17.5. The average Bonchev–Trinajstić information content (AvgIpc) is 3.16. The van der Waals surface area contributed by atoms with Crippen LogP contribution < -0.4 is 20.3 Å². The Morgan fingerprint density at radius 2 is 2.24 bits per heavy atom. The van der Waals surface area contributed by atoms with Crippen LogP contribution in [0.5, 0.6) is 5.75 Å². The first-order chi connectivity index (χ1) is 12.3. The van der Waals surface area contributed by atoms with Crippen LogP contribution >= 0.6 is 0 Å². The highest BCUT2D eigenvalue weighted by atomic mass is 16.5. The maximum atomic E-state index is 12.1. The van der Waals surface area contributed by atoms with Gasteiger partial charge in [0.2, 0.25) is 0 Å². The van der Waals surface area contributed by atoms with Gasteiger partial charge in [-0.3, -0.25) is 9.79 Å². The number of nitrogens with one attached hydrogen (secondary N) is 2. The number of fused-ring (bicyclic) bond motifs is 1. The number of hydrogen-bond donors (Lipinski definition) is 2. The Balaban J connectivity index is 1.42. The summed E-state index contributed by atoms with van der Waals surface area (Å²) in [4.78, 5) is 18.1. The molecule has 2 N–H and O–H groups in total. The van der Waals surface area contributed by atoms with Crippen molar-refractivity contribution in [2.24, 2.45) is 4.99 Å². The number of carbonyl (C=O) groups excluding carboxylic acids is 1. The van der Waals surface area contributed by atoms with Crippen molar-refractivity contribution < 1.29 is 14.3 Å². The van der Waals surface area contributed by atoms with Gasteiger partial charge in [0.1, 0.15) is 5.75 Å². The molecule has 1 unspecified atom stereocenters. The fraction of sp³-hybridized carbons (Fsp3) is 0.556. The Kier molecular flexibility index (Phi) is 6.11. The molecule has 0 radical (unpaired) electrons. The molecule has 0 bridgehead atoms. The molecule has 0 saturated carbocycles. The van der Waals surface area contributed by atoms with Gasteiger partial charge in [-0.25, -0.2) is 0 Å². The van der Waals surface area contributed by atoms with Gasteiger partial charge >= 0.3 is 0 Å². The fourth-order valence-electron chi connectivity index (χ4n) is 3.08. The summed E-state index contributed by atoms with van der Waals surface area (Å²) in [6.45, 7) is 3.12. The minimum atomic E-state index is -0.000380. The molecule has 7 nitrogen and oxygen atoms in total. The monoisotopic (exact) mass is 346 g/mol. The van der Waals surface area contributed by atoms with E-state index >= 15 is 0 Å². The van der Waals surface area contributed by atoms with Gasteiger partial charge in [0, 0.05) is 33.3 Å². The van der Waals surface area contributed by atoms with Crippen LogP contribution in [-0.2, 0) is 9.53 Å². The Morgan fingerprint density at radius 3 is 3.04 bits per heavy atom. The molecule has 2 heterocycles. The maximum Gasteiger partial charge on any atom is 0.265 e. The third kappa shape index (κ3) is 4.63. The maximum absolute atomic E-state index is 12.1. The van der Waals surface area contributed by atoms with E-state index in [2.05, 4.69) is 15.6 Å². The molecular formula is C18H26N4O3. The van der Waals surface area contributed by atoms with Crippen molar-refractivity contribution in [3.05, 3.63) is 24.3 Å². The zero-order chi connectivity index (χ0) is 17.5. The van der Waals surface area contributed by atoms with Gasteiger partial charge in [0.25, 0.3) is 5.91 Å². The molecule has 1 atom stereocenters. The number of rotatable bonds is 6. The van der Waals surface area contributed by atoms with Crippen LogP contribution in [0.1, 0.15) is 19.3 Å². The molecule has 7 heteroatoms. The van der Waals surface area contributed by atoms with Gasteiger partial charge < -0.3 is 25.0 Å². The SMILES string of the molecule is CN=C(NCCCN1C(=O)COc2ccccc21)NCC1CCCO1. The normalized spacial score (nSPS) is 20.2. The van der Waals surface area contributed by atoms with Crippen molar-refractivity contribution >= 4 is 17.6 Å². The summed E-state index contributed by atoms with van der Waals surface area (Å²) >= 11 is 0. The molecule has 0 spiro atoms. The van der Waals surface area contributed by atoms with E-state index in [1.165, 1.54) is 0 Å². The zero-order valence-corrected chi connectivity index (χ0v) is 14.7. The van der Waals surface area contributed by atoms with Crippen molar-refractivity contribution in [3.8, 4) is 5.75 Å². The smallest absolute Gasteiger partial charge is 0.265 e. The molecule has 2 aliphatic rings. The van der Waals surface area contributed by atoms with E-state index in [4.69, 9.17) is 9.47 Å². The highest BCUT2D eigenvalue weighted by Crippen LogP contribution is 2.31. The lowest BCUT2D eigenvalue weighted by molar-refractivity contribution is -0.121. The lowest BCUT2D eigenvalue weighted by Gasteiger charge is -2.29. The van der Waals surface area contributed by atoms with Gasteiger partial charge in [-0.15, -0.1) is 0 Å². The van der Waals surface area contributed by atoms with Crippen molar-refractivity contribution in [2.45, 2.75) is 25.4 Å². The second-order valence-corrected chi connectivity index (χ2v) is 6.17. The van der Waals surface area contributed by atoms with Crippen LogP contribution in [0.3, 0.4) is 0 Å². The van der Waals surface area contributed by atoms with E-state index in [0.717, 1.165) is 56.4 Å². The van der Waals surface area contributed by atoms with Crippen LogP contribution in [-0.4, -0.2) is 57.9 Å². The van der Waals surface area contributed by atoms with Gasteiger partial charge in [-0.1, -0.05) is 12.1 Å². The number of aliphatic imine (C=N–C) groups is 1. The first-order valence-electron chi connectivity index (χ1n) is 8.86. The molecule has 136 valence electrons. The molecule has 1 aromatic carbocycles. The van der Waals surface area contributed by atoms with Gasteiger partial charge in [0.15, 0.2) is 12.6 Å². The molecule has 3 rings (SSSR count). The molecule has 1 amide bonds. The standard InChI is InChI=1S/C18H26N4O3/c1-19-18(21-12-14-6-4-11-24-14)20-9-5-10-22-15-7-2-3-8-16(15)25-13-17(22)23/h2-3,7-8,14H,4-6,9-13H2,1H3,(H2,19,20,21). The molecule has 2 aliphatic heterocycles. The van der Waals surface area contributed by atoms with Crippen molar-refractivity contribution in [2.75, 3.05) is 44.8 Å². The molecule has 0 aliphatic carbocycles. The number of para-hydroxylation sites is 2. The number of carbonyl (C=O) groups is 1. The molecule has 0 aromatic heterocycles. The van der Waals surface area contributed by atoms with Crippen molar-refractivity contribution in [1.29, 1.82) is 0 Å². The molecule has 1 fully saturated rings. The topological polar surface area (TPSA) is 75.2 Å². The highest BCUT2D eigenvalue weighted by molar-refractivity contribution is 5.97. The number of nitrogens with zero attached hydrogens (tertiary/aromatic N) is 2. The highest BCUT2D eigenvalue weighted by Gasteiger charge is 2.24. The molecule has 1 aromatic rings. The number of ether oxygens (including phenoxy) is 2. The number of anilines is 1. The second-order valence-electron chi connectivity index (χ2n) is 6.17. The summed E-state index contributed by atoms with van der Waals surface area (Å²) in [5, 5.41) is 6.57. The fourth-order valence-corrected chi connectivity index (χ4v) is 3.08. The van der Waals surface area contributed by atoms with E-state index in [0.29, 0.717) is 6.54 Å². The number of guanidine groups is 1. The van der Waals surface area contributed by atoms with Crippen LogP contribution in [0.15, 0.2) is 29.3 Å². The van der Waals surface area contributed by atoms with E-state index in [-0.39, 0.29) is 18.6 Å². The van der Waals surface area contributed by atoms with Crippen LogP contribution in [0.2, 0.25) is 0 Å².